The Hall–Kier alpha value is -3.00. The number of morpholine rings is 1. The molecule has 1 unspecified atom stereocenters. The number of fused-ring (bicyclic) bond motifs is 1. The number of carbonyl (C=O) groups excluding carboxylic acids is 2. The molecule has 182 valence electrons. The maximum absolute atomic E-state index is 14.0. The van der Waals surface area contributed by atoms with E-state index in [9.17, 15) is 9.59 Å². The Balaban J connectivity index is 1.58. The number of nitrogens with zero attached hydrogens (tertiary/aromatic N) is 4. The topological polar surface area (TPSA) is 84.9 Å². The van der Waals surface area contributed by atoms with Gasteiger partial charge in [0.1, 0.15) is 12.4 Å². The second-order valence-electron chi connectivity index (χ2n) is 8.95. The van der Waals surface area contributed by atoms with Crippen LogP contribution >= 0.6 is 0 Å². The Morgan fingerprint density at radius 3 is 2.74 bits per heavy atom. The highest BCUT2D eigenvalue weighted by Gasteiger charge is 2.47. The Morgan fingerprint density at radius 1 is 1.09 bits per heavy atom. The number of para-hydroxylation sites is 1. The van der Waals surface area contributed by atoms with E-state index < -0.39 is 5.60 Å². The van der Waals surface area contributed by atoms with Crippen molar-refractivity contribution in [1.29, 1.82) is 0 Å². The highest BCUT2D eigenvalue weighted by molar-refractivity contribution is 5.92. The van der Waals surface area contributed by atoms with E-state index in [2.05, 4.69) is 23.0 Å². The van der Waals surface area contributed by atoms with Crippen LogP contribution in [0.3, 0.4) is 0 Å². The smallest absolute Gasteiger partial charge is 0.291 e. The summed E-state index contributed by atoms with van der Waals surface area (Å²) < 4.78 is 12.3. The molecule has 1 spiro atoms. The van der Waals surface area contributed by atoms with E-state index in [1.54, 1.807) is 23.4 Å². The van der Waals surface area contributed by atoms with Crippen molar-refractivity contribution < 1.29 is 19.1 Å². The molecule has 3 heterocycles. The molecule has 2 aliphatic heterocycles. The van der Waals surface area contributed by atoms with E-state index in [-0.39, 0.29) is 24.2 Å². The molecule has 2 aliphatic rings. The number of hydrogen-bond donors (Lipinski definition) is 0. The molecule has 0 radical (unpaired) electrons. The van der Waals surface area contributed by atoms with Gasteiger partial charge in [0.25, 0.3) is 11.8 Å². The summed E-state index contributed by atoms with van der Waals surface area (Å²) in [5.41, 5.74) is 0.126. The zero-order valence-corrected chi connectivity index (χ0v) is 19.9. The molecule has 1 aromatic heterocycles. The van der Waals surface area contributed by atoms with E-state index in [0.29, 0.717) is 39.3 Å². The zero-order valence-electron chi connectivity index (χ0n) is 19.9. The summed E-state index contributed by atoms with van der Waals surface area (Å²) in [6, 6.07) is 9.80. The average molecular weight is 467 g/mol. The Bertz CT molecular complexity index is 970. The highest BCUT2D eigenvalue weighted by atomic mass is 16.5. The van der Waals surface area contributed by atoms with Crippen LogP contribution in [-0.2, 0) is 16.0 Å². The van der Waals surface area contributed by atoms with Gasteiger partial charge in [-0.15, -0.1) is 0 Å². The van der Waals surface area contributed by atoms with Crippen LogP contribution in [0.15, 0.2) is 42.7 Å². The van der Waals surface area contributed by atoms with Gasteiger partial charge >= 0.3 is 0 Å². The maximum atomic E-state index is 14.0. The van der Waals surface area contributed by atoms with Crippen LogP contribution in [-0.4, -0.2) is 76.6 Å². The average Bonchev–Trinajstić information content (AvgIpc) is 2.88. The SMILES string of the molecule is CCCCN1CCOc2ccccc2CCCCC2(CN(C(=O)c3ncccn3)CCO2)C1=O. The van der Waals surface area contributed by atoms with Gasteiger partial charge < -0.3 is 19.3 Å². The lowest BCUT2D eigenvalue weighted by atomic mass is 9.90. The van der Waals surface area contributed by atoms with Crippen LogP contribution < -0.4 is 4.74 Å². The summed E-state index contributed by atoms with van der Waals surface area (Å²) in [6.07, 6.45) is 8.16. The Kier molecular flexibility index (Phi) is 8.11. The fraction of sp³-hybridized carbons (Fsp3) is 0.538. The number of amides is 2. The van der Waals surface area contributed by atoms with Crippen LogP contribution in [0.2, 0.25) is 0 Å². The van der Waals surface area contributed by atoms with E-state index in [1.807, 2.05) is 23.1 Å². The van der Waals surface area contributed by atoms with Crippen molar-refractivity contribution in [2.45, 2.75) is 51.0 Å². The first kappa shape index (κ1) is 24.1. The Labute approximate surface area is 201 Å². The molecule has 0 aliphatic carbocycles. The van der Waals surface area contributed by atoms with Crippen LogP contribution in [0.25, 0.3) is 0 Å². The van der Waals surface area contributed by atoms with E-state index in [0.717, 1.165) is 37.9 Å². The quantitative estimate of drug-likeness (QED) is 0.688. The van der Waals surface area contributed by atoms with Crippen molar-refractivity contribution in [3.05, 3.63) is 54.1 Å². The van der Waals surface area contributed by atoms with Gasteiger partial charge in [-0.1, -0.05) is 31.5 Å². The molecule has 4 rings (SSSR count). The summed E-state index contributed by atoms with van der Waals surface area (Å²) >= 11 is 0. The van der Waals surface area contributed by atoms with Gasteiger partial charge in [0.05, 0.1) is 19.7 Å². The lowest BCUT2D eigenvalue weighted by molar-refractivity contribution is -0.170. The van der Waals surface area contributed by atoms with Crippen molar-refractivity contribution in [3.8, 4) is 5.75 Å². The fourth-order valence-electron chi connectivity index (χ4n) is 4.69. The van der Waals surface area contributed by atoms with Crippen molar-refractivity contribution in [2.75, 3.05) is 39.4 Å². The molecule has 0 bridgehead atoms. The van der Waals surface area contributed by atoms with Gasteiger partial charge in [-0.25, -0.2) is 9.97 Å². The number of aromatic nitrogens is 2. The molecule has 2 aromatic rings. The lowest BCUT2D eigenvalue weighted by Crippen LogP contribution is -2.62. The third kappa shape index (κ3) is 5.55. The van der Waals surface area contributed by atoms with Crippen LogP contribution in [0.4, 0.5) is 0 Å². The Morgan fingerprint density at radius 2 is 1.91 bits per heavy atom. The maximum Gasteiger partial charge on any atom is 0.291 e. The van der Waals surface area contributed by atoms with Crippen LogP contribution in [0.1, 0.15) is 55.2 Å². The molecule has 34 heavy (non-hydrogen) atoms. The number of benzene rings is 1. The first-order valence-corrected chi connectivity index (χ1v) is 12.3. The minimum absolute atomic E-state index is 0.0510. The number of aryl methyl sites for hydroxylation is 1. The van der Waals surface area contributed by atoms with Gasteiger partial charge in [-0.3, -0.25) is 9.59 Å². The molecule has 0 N–H and O–H groups in total. The number of rotatable bonds is 4. The normalized spacial score (nSPS) is 21.9. The number of carbonyl (C=O) groups is 2. The fourth-order valence-corrected chi connectivity index (χ4v) is 4.69. The molecule has 8 heteroatoms. The van der Waals surface area contributed by atoms with Crippen LogP contribution in [0.5, 0.6) is 5.75 Å². The van der Waals surface area contributed by atoms with E-state index in [1.165, 1.54) is 5.56 Å². The van der Waals surface area contributed by atoms with Gasteiger partial charge in [0.2, 0.25) is 5.82 Å². The summed E-state index contributed by atoms with van der Waals surface area (Å²) in [6.45, 7) is 4.59. The largest absolute Gasteiger partial charge is 0.491 e. The van der Waals surface area contributed by atoms with Gasteiger partial charge in [-0.2, -0.15) is 0 Å². The summed E-state index contributed by atoms with van der Waals surface area (Å²) in [7, 11) is 0. The number of ether oxygens (including phenoxy) is 2. The molecule has 1 fully saturated rings. The molecular formula is C26H34N4O4. The summed E-state index contributed by atoms with van der Waals surface area (Å²) in [5.74, 6) is 0.728. The van der Waals surface area contributed by atoms with E-state index in [4.69, 9.17) is 9.47 Å². The number of hydrogen-bond acceptors (Lipinski definition) is 6. The second kappa shape index (κ2) is 11.4. The summed E-state index contributed by atoms with van der Waals surface area (Å²) in [5, 5.41) is 0. The first-order chi connectivity index (χ1) is 16.6. The third-order valence-corrected chi connectivity index (χ3v) is 6.56. The van der Waals surface area contributed by atoms with Crippen molar-refractivity contribution >= 4 is 11.8 Å². The predicted molar refractivity (Wildman–Crippen MR) is 128 cm³/mol. The minimum Gasteiger partial charge on any atom is -0.491 e. The predicted octanol–water partition coefficient (Wildman–Crippen LogP) is 3.12. The monoisotopic (exact) mass is 466 g/mol. The number of unbranched alkanes of at least 4 members (excludes halogenated alkanes) is 1. The second-order valence-corrected chi connectivity index (χ2v) is 8.95. The molecule has 1 aromatic carbocycles. The van der Waals surface area contributed by atoms with Gasteiger partial charge in [0, 0.05) is 25.5 Å². The molecular weight excluding hydrogens is 432 g/mol. The molecule has 8 nitrogen and oxygen atoms in total. The highest BCUT2D eigenvalue weighted by Crippen LogP contribution is 2.30. The van der Waals surface area contributed by atoms with Crippen molar-refractivity contribution in [1.82, 2.24) is 19.8 Å². The van der Waals surface area contributed by atoms with Gasteiger partial charge in [-0.05, 0) is 49.8 Å². The van der Waals surface area contributed by atoms with E-state index >= 15 is 0 Å². The first-order valence-electron chi connectivity index (χ1n) is 12.3. The van der Waals surface area contributed by atoms with Crippen molar-refractivity contribution in [2.24, 2.45) is 0 Å². The van der Waals surface area contributed by atoms with Crippen LogP contribution in [0, 0.1) is 0 Å². The summed E-state index contributed by atoms with van der Waals surface area (Å²) in [4.78, 5) is 38.8. The molecule has 2 amide bonds. The zero-order chi connectivity index (χ0) is 23.8. The van der Waals surface area contributed by atoms with Gasteiger partial charge in [0.15, 0.2) is 5.60 Å². The molecule has 1 saturated heterocycles. The molecule has 1 atom stereocenters. The lowest BCUT2D eigenvalue weighted by Gasteiger charge is -2.44. The van der Waals surface area contributed by atoms with Crippen molar-refractivity contribution in [3.63, 3.8) is 0 Å². The standard InChI is InChI=1S/C26H34N4O4/c1-2-3-15-29-16-18-33-22-11-5-4-9-21(22)10-6-7-12-26(25(29)32)20-30(17-19-34-26)24(31)23-27-13-8-14-28-23/h4-5,8-9,11,13-14H,2-3,6-7,10,12,15-20H2,1H3. The third-order valence-electron chi connectivity index (χ3n) is 6.56. The minimum atomic E-state index is -1.06. The molecule has 0 saturated carbocycles.